The number of imide groups is 1. The van der Waals surface area contributed by atoms with Crippen molar-refractivity contribution in [2.24, 2.45) is 4.99 Å². The summed E-state index contributed by atoms with van der Waals surface area (Å²) in [6, 6.07) is 6.62. The van der Waals surface area contributed by atoms with Crippen molar-refractivity contribution in [2.75, 3.05) is 65.7 Å². The van der Waals surface area contributed by atoms with Gasteiger partial charge in [-0.3, -0.25) is 24.1 Å². The Bertz CT molecular complexity index is 1140. The van der Waals surface area contributed by atoms with Crippen LogP contribution in [0.15, 0.2) is 38.9 Å². The van der Waals surface area contributed by atoms with Gasteiger partial charge in [-0.05, 0) is 12.1 Å². The zero-order chi connectivity index (χ0) is 23.8. The van der Waals surface area contributed by atoms with Crippen molar-refractivity contribution in [1.82, 2.24) is 24.6 Å². The predicted molar refractivity (Wildman–Crippen MR) is 127 cm³/mol. The number of rotatable bonds is 6. The summed E-state index contributed by atoms with van der Waals surface area (Å²) in [4.78, 5) is 41.8. The van der Waals surface area contributed by atoms with Gasteiger partial charge < -0.3 is 9.52 Å². The smallest absolute Gasteiger partial charge is 0.392 e. The normalized spacial score (nSPS) is 21.7. The molecule has 12 heteroatoms. The zero-order valence-corrected chi connectivity index (χ0v) is 20.1. The number of aromatic nitrogens is 1. The van der Waals surface area contributed by atoms with Crippen LogP contribution in [0.5, 0.6) is 0 Å². The van der Waals surface area contributed by atoms with Crippen LogP contribution < -0.4 is 0 Å². The molecule has 5 rings (SSSR count). The first-order valence-corrected chi connectivity index (χ1v) is 12.3. The average molecular weight is 487 g/mol. The zero-order valence-electron chi connectivity index (χ0n) is 19.3. The van der Waals surface area contributed by atoms with Crippen LogP contribution in [0.25, 0.3) is 11.1 Å². The number of carbonyl (C=O) groups is 2. The number of carbonyl (C=O) groups excluding carboxylic acids is 2. The molecule has 2 saturated heterocycles. The number of aliphatic imine (C=N–C) groups is 1. The summed E-state index contributed by atoms with van der Waals surface area (Å²) in [5.41, 5.74) is 1.56. The summed E-state index contributed by atoms with van der Waals surface area (Å²) in [6.45, 7) is 4.38. The second-order valence-electron chi connectivity index (χ2n) is 8.45. The van der Waals surface area contributed by atoms with Crippen molar-refractivity contribution in [2.45, 2.75) is 11.3 Å². The number of oxazole rings is 1. The molecule has 3 amide bonds. The van der Waals surface area contributed by atoms with Crippen LogP contribution in [-0.4, -0.2) is 130 Å². The maximum absolute atomic E-state index is 13.1. The fourth-order valence-corrected chi connectivity index (χ4v) is 5.30. The largest absolute Gasteiger partial charge is 0.431 e. The topological polar surface area (TPSA) is 109 Å². The summed E-state index contributed by atoms with van der Waals surface area (Å²) in [7, 11) is 3.17. The molecule has 2 aromatic rings. The molecule has 1 aromatic carbocycles. The molecule has 0 spiro atoms. The van der Waals surface area contributed by atoms with Crippen molar-refractivity contribution in [1.29, 1.82) is 0 Å². The van der Waals surface area contributed by atoms with E-state index in [1.165, 1.54) is 23.7 Å². The Hall–Kier alpha value is -2.96. The molecule has 1 atom stereocenters. The SMILES string of the molecule is CN1C(=O)C2C(=NC(=[N+]3CCN(CCO)CC3)N2CCSc2nc3ccccc3o2)N(C)C1=O. The maximum atomic E-state index is 13.1. The lowest BCUT2D eigenvalue weighted by molar-refractivity contribution is -0.544. The molecule has 0 saturated carbocycles. The van der Waals surface area contributed by atoms with Gasteiger partial charge in [0.2, 0.25) is 11.9 Å². The first-order chi connectivity index (χ1) is 16.5. The van der Waals surface area contributed by atoms with Crippen molar-refractivity contribution in [3.05, 3.63) is 24.3 Å². The summed E-state index contributed by atoms with van der Waals surface area (Å²) in [6.07, 6.45) is 0. The maximum Gasteiger partial charge on any atom is 0.392 e. The van der Waals surface area contributed by atoms with Crippen LogP contribution in [0, 0.1) is 0 Å². The summed E-state index contributed by atoms with van der Waals surface area (Å²) >= 11 is 1.49. The van der Waals surface area contributed by atoms with E-state index in [-0.39, 0.29) is 18.5 Å². The number of aliphatic hydroxyl groups is 1. The van der Waals surface area contributed by atoms with E-state index in [0.717, 1.165) is 42.2 Å². The highest BCUT2D eigenvalue weighted by molar-refractivity contribution is 7.99. The number of thioether (sulfide) groups is 1. The third-order valence-electron chi connectivity index (χ3n) is 6.41. The molecule has 34 heavy (non-hydrogen) atoms. The second kappa shape index (κ2) is 9.35. The first kappa shape index (κ1) is 22.8. The van der Waals surface area contributed by atoms with Gasteiger partial charge >= 0.3 is 12.0 Å². The lowest BCUT2D eigenvalue weighted by Crippen LogP contribution is -2.63. The highest BCUT2D eigenvalue weighted by Crippen LogP contribution is 2.26. The van der Waals surface area contributed by atoms with Crippen molar-refractivity contribution in [3.8, 4) is 0 Å². The molecule has 0 bridgehead atoms. The van der Waals surface area contributed by atoms with Crippen LogP contribution in [0.4, 0.5) is 4.79 Å². The van der Waals surface area contributed by atoms with E-state index in [2.05, 4.69) is 14.5 Å². The van der Waals surface area contributed by atoms with E-state index in [4.69, 9.17) is 9.41 Å². The Morgan fingerprint density at radius 2 is 1.91 bits per heavy atom. The molecule has 2 fully saturated rings. The molecule has 0 aliphatic carbocycles. The molecule has 1 unspecified atom stereocenters. The molecule has 11 nitrogen and oxygen atoms in total. The number of guanidine groups is 1. The Kier molecular flexibility index (Phi) is 6.28. The van der Waals surface area contributed by atoms with Crippen molar-refractivity contribution >= 4 is 46.6 Å². The number of hydrogen-bond donors (Lipinski definition) is 1. The van der Waals surface area contributed by atoms with Crippen LogP contribution in [0.2, 0.25) is 0 Å². The van der Waals surface area contributed by atoms with Gasteiger partial charge in [0.25, 0.3) is 11.1 Å². The summed E-state index contributed by atoms with van der Waals surface area (Å²) in [5, 5.41) is 9.82. The number of aliphatic hydroxyl groups excluding tert-OH is 1. The fourth-order valence-electron chi connectivity index (χ4n) is 4.52. The molecule has 0 radical (unpaired) electrons. The first-order valence-electron chi connectivity index (χ1n) is 11.3. The number of likely N-dealkylation sites (N-methyl/N-ethyl adjacent to an activating group) is 2. The molecule has 3 aliphatic heterocycles. The third-order valence-corrected chi connectivity index (χ3v) is 7.22. The van der Waals surface area contributed by atoms with Crippen LogP contribution in [-0.2, 0) is 4.79 Å². The predicted octanol–water partition coefficient (Wildman–Crippen LogP) is 0.203. The van der Waals surface area contributed by atoms with Crippen molar-refractivity contribution in [3.63, 3.8) is 0 Å². The molecule has 1 N–H and O–H groups in total. The molecular weight excluding hydrogens is 458 g/mol. The number of β-amino-alcohol motifs (C(OH)–C–C–N with tert-alkyl or cyclic N) is 1. The lowest BCUT2D eigenvalue weighted by Gasteiger charge is -2.33. The highest BCUT2D eigenvalue weighted by Gasteiger charge is 2.55. The quantitative estimate of drug-likeness (QED) is 0.456. The second-order valence-corrected chi connectivity index (χ2v) is 9.50. The van der Waals surface area contributed by atoms with E-state index in [1.807, 2.05) is 29.2 Å². The number of nitrogens with zero attached hydrogens (tertiary/aromatic N) is 7. The molecule has 180 valence electrons. The standard InChI is InChI=1S/C22H28N7O4S/c1-25-18-17(19(31)26(2)22(25)32)29(20(24-18)28-9-7-27(8-10-28)11-13-30)12-14-34-21-23-15-5-3-4-6-16(15)33-21/h3-6,17,30H,7-14H2,1-2H3/q+1. The van der Waals surface area contributed by atoms with Crippen LogP contribution in [0.3, 0.4) is 0 Å². The van der Waals surface area contributed by atoms with Gasteiger partial charge in [0, 0.05) is 39.5 Å². The number of amides is 3. The summed E-state index contributed by atoms with van der Waals surface area (Å²) in [5.74, 6) is 1.54. The Labute approximate surface area is 201 Å². The number of hydrogen-bond acceptors (Lipinski definition) is 7. The van der Waals surface area contributed by atoms with Crippen LogP contribution >= 0.6 is 11.8 Å². The van der Waals surface area contributed by atoms with E-state index >= 15 is 0 Å². The average Bonchev–Trinajstić information content (AvgIpc) is 3.44. The Morgan fingerprint density at radius 3 is 2.65 bits per heavy atom. The van der Waals surface area contributed by atoms with Gasteiger partial charge in [-0.1, -0.05) is 28.9 Å². The molecule has 1 aromatic heterocycles. The van der Waals surface area contributed by atoms with E-state index in [0.29, 0.717) is 35.9 Å². The highest BCUT2D eigenvalue weighted by atomic mass is 32.2. The van der Waals surface area contributed by atoms with Gasteiger partial charge in [0.1, 0.15) is 5.52 Å². The van der Waals surface area contributed by atoms with E-state index in [9.17, 15) is 14.7 Å². The third kappa shape index (κ3) is 4.05. The number of para-hydroxylation sites is 2. The number of benzene rings is 1. The van der Waals surface area contributed by atoms with Gasteiger partial charge in [0.05, 0.1) is 26.2 Å². The molecule has 4 heterocycles. The number of piperazine rings is 1. The van der Waals surface area contributed by atoms with Gasteiger partial charge in [-0.15, -0.1) is 0 Å². The monoisotopic (exact) mass is 486 g/mol. The number of urea groups is 1. The van der Waals surface area contributed by atoms with Crippen LogP contribution in [0.1, 0.15) is 0 Å². The number of amidine groups is 1. The molecular formula is C22H28N7O4S+. The van der Waals surface area contributed by atoms with Gasteiger partial charge in [0.15, 0.2) is 5.58 Å². The summed E-state index contributed by atoms with van der Waals surface area (Å²) < 4.78 is 7.98. The minimum Gasteiger partial charge on any atom is -0.431 e. The van der Waals surface area contributed by atoms with E-state index in [1.54, 1.807) is 7.05 Å². The van der Waals surface area contributed by atoms with Gasteiger partial charge in [-0.25, -0.2) is 14.7 Å². The minimum atomic E-state index is -0.637. The van der Waals surface area contributed by atoms with Crippen molar-refractivity contribution < 1.29 is 23.7 Å². The fraction of sp³-hybridized carbons (Fsp3) is 0.500. The Morgan fingerprint density at radius 1 is 1.15 bits per heavy atom. The van der Waals surface area contributed by atoms with Gasteiger partial charge in [-0.2, -0.15) is 0 Å². The lowest BCUT2D eigenvalue weighted by atomic mass is 10.1. The molecule has 3 aliphatic rings. The Balaban J connectivity index is 1.38. The number of fused-ring (bicyclic) bond motifs is 2. The van der Waals surface area contributed by atoms with E-state index < -0.39 is 6.04 Å². The minimum absolute atomic E-state index is 0.133.